The molecule has 0 atom stereocenters. The van der Waals surface area contributed by atoms with E-state index in [0.29, 0.717) is 48.6 Å². The predicted octanol–water partition coefficient (Wildman–Crippen LogP) is 3.74. The van der Waals surface area contributed by atoms with Gasteiger partial charge in [0, 0.05) is 19.2 Å². The molecule has 0 spiro atoms. The van der Waals surface area contributed by atoms with Crippen molar-refractivity contribution in [3.8, 4) is 11.5 Å². The van der Waals surface area contributed by atoms with Crippen LogP contribution >= 0.6 is 0 Å². The van der Waals surface area contributed by atoms with Gasteiger partial charge in [-0.1, -0.05) is 5.21 Å². The zero-order valence-corrected chi connectivity index (χ0v) is 18.2. The van der Waals surface area contributed by atoms with E-state index in [9.17, 15) is 18.0 Å². The second-order valence-corrected chi connectivity index (χ2v) is 7.86. The number of methoxy groups -OCH3 is 2. The summed E-state index contributed by atoms with van der Waals surface area (Å²) in [5.41, 5.74) is 0.618. The minimum atomic E-state index is -4.42. The number of rotatable bonds is 6. The molecule has 33 heavy (non-hydrogen) atoms. The second kappa shape index (κ2) is 9.26. The fraction of sp³-hybridized carbons (Fsp3) is 0.409. The molecule has 3 aromatic rings. The fourth-order valence-corrected chi connectivity index (χ4v) is 4.00. The Morgan fingerprint density at radius 2 is 1.88 bits per heavy atom. The number of ether oxygens (including phenoxy) is 2. The van der Waals surface area contributed by atoms with Crippen molar-refractivity contribution in [1.29, 1.82) is 0 Å². The van der Waals surface area contributed by atoms with Gasteiger partial charge in [0.05, 0.1) is 43.6 Å². The number of nitrogens with one attached hydrogen (secondary N) is 1. The summed E-state index contributed by atoms with van der Waals surface area (Å²) in [6, 6.07) is 8.65. The van der Waals surface area contributed by atoms with Crippen LogP contribution in [0.25, 0.3) is 11.0 Å². The summed E-state index contributed by atoms with van der Waals surface area (Å²) in [5, 5.41) is 10.9. The molecule has 0 aliphatic carbocycles. The van der Waals surface area contributed by atoms with E-state index in [1.807, 2.05) is 4.90 Å². The third-order valence-corrected chi connectivity index (χ3v) is 5.75. The van der Waals surface area contributed by atoms with Crippen molar-refractivity contribution in [2.45, 2.75) is 25.1 Å². The maximum atomic E-state index is 12.9. The first kappa shape index (κ1) is 22.8. The van der Waals surface area contributed by atoms with Crippen LogP contribution in [0.3, 0.4) is 0 Å². The summed E-state index contributed by atoms with van der Waals surface area (Å²) < 4.78 is 51.0. The van der Waals surface area contributed by atoms with E-state index in [1.165, 1.54) is 13.2 Å². The maximum Gasteiger partial charge on any atom is 0.416 e. The highest BCUT2D eigenvalue weighted by atomic mass is 19.4. The van der Waals surface area contributed by atoms with Crippen molar-refractivity contribution in [1.82, 2.24) is 19.9 Å². The second-order valence-electron chi connectivity index (χ2n) is 7.86. The zero-order valence-electron chi connectivity index (χ0n) is 18.2. The lowest BCUT2D eigenvalue weighted by Gasteiger charge is -2.31. The van der Waals surface area contributed by atoms with Crippen LogP contribution in [0.2, 0.25) is 0 Å². The highest BCUT2D eigenvalue weighted by Crippen LogP contribution is 2.33. The Balaban J connectivity index is 1.35. The predicted molar refractivity (Wildman–Crippen MR) is 115 cm³/mol. The molecule has 176 valence electrons. The highest BCUT2D eigenvalue weighted by molar-refractivity contribution is 5.93. The molecule has 2 aromatic carbocycles. The van der Waals surface area contributed by atoms with E-state index < -0.39 is 11.7 Å². The van der Waals surface area contributed by atoms with Gasteiger partial charge in [-0.05, 0) is 43.2 Å². The number of alkyl halides is 3. The molecule has 0 saturated carbocycles. The minimum absolute atomic E-state index is 0.00716. The first-order valence-electron chi connectivity index (χ1n) is 10.4. The Hall–Kier alpha value is -3.34. The molecular formula is C22H24F3N5O3. The summed E-state index contributed by atoms with van der Waals surface area (Å²) >= 11 is 0. The standard InChI is InChI=1S/C22H24F3N5O3/c1-32-16-4-5-17(20(12-16)33-2)26-21(31)13-29-9-7-15(8-10-29)30-19-6-3-14(22(23,24)25)11-18(19)27-28-30/h3-6,11-12,15H,7-10,13H2,1-2H3,(H,26,31). The Morgan fingerprint density at radius 1 is 1.12 bits per heavy atom. The van der Waals surface area contributed by atoms with Gasteiger partial charge in [0.15, 0.2) is 0 Å². The van der Waals surface area contributed by atoms with Crippen molar-refractivity contribution < 1.29 is 27.4 Å². The molecule has 11 heteroatoms. The molecule has 4 rings (SSSR count). The Kier molecular flexibility index (Phi) is 6.41. The van der Waals surface area contributed by atoms with Crippen molar-refractivity contribution >= 4 is 22.6 Å². The van der Waals surface area contributed by atoms with Crippen molar-refractivity contribution in [2.75, 3.05) is 39.2 Å². The average Bonchev–Trinajstić information content (AvgIpc) is 3.22. The normalized spacial score (nSPS) is 15.5. The van der Waals surface area contributed by atoms with Crippen LogP contribution in [-0.2, 0) is 11.0 Å². The third-order valence-electron chi connectivity index (χ3n) is 5.75. The Bertz CT molecular complexity index is 1140. The van der Waals surface area contributed by atoms with Gasteiger partial charge >= 0.3 is 6.18 Å². The van der Waals surface area contributed by atoms with E-state index in [4.69, 9.17) is 9.47 Å². The molecule has 0 unspecified atom stereocenters. The molecule has 0 radical (unpaired) electrons. The number of carbonyl (C=O) groups excluding carboxylic acids is 1. The van der Waals surface area contributed by atoms with Gasteiger partial charge in [0.25, 0.3) is 0 Å². The molecular weight excluding hydrogens is 439 g/mol. The van der Waals surface area contributed by atoms with Gasteiger partial charge in [0.1, 0.15) is 17.0 Å². The number of carbonyl (C=O) groups is 1. The SMILES string of the molecule is COc1ccc(NC(=O)CN2CCC(n3nnc4cc(C(F)(F)F)ccc43)CC2)c(OC)c1. The molecule has 1 saturated heterocycles. The first-order valence-corrected chi connectivity index (χ1v) is 10.4. The quantitative estimate of drug-likeness (QED) is 0.600. The first-order chi connectivity index (χ1) is 15.8. The summed E-state index contributed by atoms with van der Waals surface area (Å²) in [7, 11) is 3.07. The summed E-state index contributed by atoms with van der Waals surface area (Å²) in [6.07, 6.45) is -3.00. The van der Waals surface area contributed by atoms with Gasteiger partial charge < -0.3 is 14.8 Å². The number of anilines is 1. The van der Waals surface area contributed by atoms with E-state index in [1.54, 1.807) is 30.0 Å². The number of likely N-dealkylation sites (tertiary alicyclic amines) is 1. The third kappa shape index (κ3) is 5.03. The van der Waals surface area contributed by atoms with Crippen LogP contribution in [0.1, 0.15) is 24.4 Å². The monoisotopic (exact) mass is 463 g/mol. The Labute approximate surface area is 188 Å². The number of piperidine rings is 1. The largest absolute Gasteiger partial charge is 0.497 e. The topological polar surface area (TPSA) is 81.5 Å². The van der Waals surface area contributed by atoms with Crippen LogP contribution in [0.5, 0.6) is 11.5 Å². The number of halogens is 3. The lowest BCUT2D eigenvalue weighted by Crippen LogP contribution is -2.39. The highest BCUT2D eigenvalue weighted by Gasteiger charge is 2.31. The van der Waals surface area contributed by atoms with Crippen LogP contribution < -0.4 is 14.8 Å². The van der Waals surface area contributed by atoms with E-state index in [-0.39, 0.29) is 24.0 Å². The maximum absolute atomic E-state index is 12.9. The minimum Gasteiger partial charge on any atom is -0.497 e. The number of fused-ring (bicyclic) bond motifs is 1. The van der Waals surface area contributed by atoms with Gasteiger partial charge in [-0.3, -0.25) is 9.69 Å². The molecule has 2 heterocycles. The number of nitrogens with zero attached hydrogens (tertiary/aromatic N) is 4. The fourth-order valence-electron chi connectivity index (χ4n) is 4.00. The summed E-state index contributed by atoms with van der Waals surface area (Å²) in [4.78, 5) is 14.6. The molecule has 1 aliphatic rings. The van der Waals surface area contributed by atoms with Gasteiger partial charge in [-0.2, -0.15) is 13.2 Å². The molecule has 1 aliphatic heterocycles. The van der Waals surface area contributed by atoms with Crippen LogP contribution in [0, 0.1) is 0 Å². The van der Waals surface area contributed by atoms with Gasteiger partial charge in [-0.25, -0.2) is 4.68 Å². The zero-order chi connectivity index (χ0) is 23.6. The smallest absolute Gasteiger partial charge is 0.416 e. The van der Waals surface area contributed by atoms with Crippen LogP contribution in [-0.4, -0.2) is 59.7 Å². The van der Waals surface area contributed by atoms with E-state index >= 15 is 0 Å². The lowest BCUT2D eigenvalue weighted by molar-refractivity contribution is -0.137. The number of aromatic nitrogens is 3. The lowest BCUT2D eigenvalue weighted by atomic mass is 10.0. The molecule has 0 bridgehead atoms. The Morgan fingerprint density at radius 3 is 2.55 bits per heavy atom. The molecule has 1 N–H and O–H groups in total. The number of hydrogen-bond donors (Lipinski definition) is 1. The summed E-state index contributed by atoms with van der Waals surface area (Å²) in [6.45, 7) is 1.52. The van der Waals surface area contributed by atoms with E-state index in [0.717, 1.165) is 12.1 Å². The summed E-state index contributed by atoms with van der Waals surface area (Å²) in [5.74, 6) is 0.970. The van der Waals surface area contributed by atoms with Gasteiger partial charge in [0.2, 0.25) is 5.91 Å². The van der Waals surface area contributed by atoms with Crippen molar-refractivity contribution in [3.63, 3.8) is 0 Å². The number of amides is 1. The number of benzene rings is 2. The molecule has 1 fully saturated rings. The van der Waals surface area contributed by atoms with Crippen LogP contribution in [0.4, 0.5) is 18.9 Å². The van der Waals surface area contributed by atoms with Gasteiger partial charge in [-0.15, -0.1) is 5.10 Å². The van der Waals surface area contributed by atoms with Crippen LogP contribution in [0.15, 0.2) is 36.4 Å². The average molecular weight is 463 g/mol. The molecule has 1 amide bonds. The molecule has 1 aromatic heterocycles. The number of hydrogen-bond acceptors (Lipinski definition) is 6. The molecule has 8 nitrogen and oxygen atoms in total. The van der Waals surface area contributed by atoms with Crippen molar-refractivity contribution in [3.05, 3.63) is 42.0 Å². The van der Waals surface area contributed by atoms with E-state index in [2.05, 4.69) is 15.6 Å². The van der Waals surface area contributed by atoms with Crippen molar-refractivity contribution in [2.24, 2.45) is 0 Å².